The van der Waals surface area contributed by atoms with Gasteiger partial charge in [0.05, 0.1) is 25.0 Å². The molecule has 2 heterocycles. The molecule has 0 aliphatic carbocycles. The summed E-state index contributed by atoms with van der Waals surface area (Å²) in [4.78, 5) is 0. The fourth-order valence-electron chi connectivity index (χ4n) is 2.65. The van der Waals surface area contributed by atoms with E-state index in [1.807, 2.05) is 34.6 Å². The quantitative estimate of drug-likeness (QED) is 0.649. The zero-order valence-electron chi connectivity index (χ0n) is 14.0. The number of hydrogen-bond acceptors (Lipinski definition) is 3. The van der Waals surface area contributed by atoms with Gasteiger partial charge in [-0.2, -0.15) is 10.2 Å². The smallest absolute Gasteiger partial charge is 0.0659 e. The van der Waals surface area contributed by atoms with Crippen LogP contribution in [-0.2, 0) is 26.2 Å². The monoisotopic (exact) mass is 321 g/mol. The van der Waals surface area contributed by atoms with E-state index >= 15 is 0 Å². The zero-order valence-corrected chi connectivity index (χ0v) is 14.0. The third-order valence-electron chi connectivity index (χ3n) is 3.88. The second-order valence-electron chi connectivity index (χ2n) is 5.89. The molecule has 24 heavy (non-hydrogen) atoms. The van der Waals surface area contributed by atoms with Gasteiger partial charge in [0.1, 0.15) is 0 Å². The van der Waals surface area contributed by atoms with Crippen LogP contribution in [0.4, 0.5) is 0 Å². The van der Waals surface area contributed by atoms with E-state index < -0.39 is 0 Å². The molecule has 1 N–H and O–H groups in total. The van der Waals surface area contributed by atoms with Crippen LogP contribution >= 0.6 is 0 Å². The van der Waals surface area contributed by atoms with Crippen LogP contribution in [0.5, 0.6) is 0 Å². The lowest BCUT2D eigenvalue weighted by Gasteiger charge is -2.02. The lowest BCUT2D eigenvalue weighted by molar-refractivity contribution is 0.675. The number of nitrogens with zero attached hydrogens (tertiary/aromatic N) is 4. The SMILES string of the molecule is C=CCn1cc(CNCc2cnn(Cc3ccccc3)c2)c(C)n1. The summed E-state index contributed by atoms with van der Waals surface area (Å²) in [5.41, 5.74) is 4.71. The number of hydrogen-bond donors (Lipinski definition) is 1. The molecule has 0 aliphatic rings. The van der Waals surface area contributed by atoms with Crippen LogP contribution in [0.15, 0.2) is 61.6 Å². The maximum absolute atomic E-state index is 4.47. The van der Waals surface area contributed by atoms with Gasteiger partial charge in [0.25, 0.3) is 0 Å². The third-order valence-corrected chi connectivity index (χ3v) is 3.88. The zero-order chi connectivity index (χ0) is 16.8. The van der Waals surface area contributed by atoms with Gasteiger partial charge in [-0.25, -0.2) is 0 Å². The lowest BCUT2D eigenvalue weighted by atomic mass is 10.2. The van der Waals surface area contributed by atoms with E-state index in [2.05, 4.69) is 58.8 Å². The Morgan fingerprint density at radius 3 is 2.71 bits per heavy atom. The summed E-state index contributed by atoms with van der Waals surface area (Å²) in [6.45, 7) is 8.91. The van der Waals surface area contributed by atoms with Crippen LogP contribution in [0.1, 0.15) is 22.4 Å². The highest BCUT2D eigenvalue weighted by Crippen LogP contribution is 2.07. The van der Waals surface area contributed by atoms with Crippen LogP contribution in [-0.4, -0.2) is 19.6 Å². The Bertz CT molecular complexity index is 785. The molecule has 0 bridgehead atoms. The van der Waals surface area contributed by atoms with E-state index in [4.69, 9.17) is 0 Å². The molecule has 3 rings (SSSR count). The van der Waals surface area contributed by atoms with Gasteiger partial charge in [0.2, 0.25) is 0 Å². The summed E-state index contributed by atoms with van der Waals surface area (Å²) in [7, 11) is 0. The summed E-state index contributed by atoms with van der Waals surface area (Å²) in [6.07, 6.45) is 7.94. The van der Waals surface area contributed by atoms with Crippen LogP contribution in [0, 0.1) is 6.92 Å². The molecule has 0 radical (unpaired) electrons. The minimum absolute atomic E-state index is 0.743. The topological polar surface area (TPSA) is 47.7 Å². The fraction of sp³-hybridized carbons (Fsp3) is 0.263. The Balaban J connectivity index is 1.51. The van der Waals surface area contributed by atoms with Gasteiger partial charge in [-0.15, -0.1) is 6.58 Å². The summed E-state index contributed by atoms with van der Waals surface area (Å²) < 4.78 is 3.89. The van der Waals surface area contributed by atoms with Crippen LogP contribution < -0.4 is 5.32 Å². The van der Waals surface area contributed by atoms with E-state index in [0.717, 1.165) is 31.9 Å². The molecule has 0 fully saturated rings. The van der Waals surface area contributed by atoms with Gasteiger partial charge >= 0.3 is 0 Å². The largest absolute Gasteiger partial charge is 0.308 e. The maximum Gasteiger partial charge on any atom is 0.0659 e. The molecule has 5 heteroatoms. The lowest BCUT2D eigenvalue weighted by Crippen LogP contribution is -2.12. The van der Waals surface area contributed by atoms with Gasteiger partial charge in [-0.1, -0.05) is 36.4 Å². The molecular formula is C19H23N5. The summed E-state index contributed by atoms with van der Waals surface area (Å²) >= 11 is 0. The van der Waals surface area contributed by atoms with Crippen molar-refractivity contribution in [1.82, 2.24) is 24.9 Å². The number of allylic oxidation sites excluding steroid dienone is 1. The molecule has 3 aromatic rings. The van der Waals surface area contributed by atoms with Gasteiger partial charge in [-0.05, 0) is 12.5 Å². The summed E-state index contributed by atoms with van der Waals surface area (Å²) in [6, 6.07) is 10.4. The summed E-state index contributed by atoms with van der Waals surface area (Å²) in [5, 5.41) is 12.4. The number of nitrogens with one attached hydrogen (secondary N) is 1. The molecule has 124 valence electrons. The van der Waals surface area contributed by atoms with E-state index in [0.29, 0.717) is 0 Å². The third kappa shape index (κ3) is 4.20. The minimum Gasteiger partial charge on any atom is -0.308 e. The Labute approximate surface area is 142 Å². The Kier molecular flexibility index (Phi) is 5.23. The van der Waals surface area contributed by atoms with Crippen molar-refractivity contribution in [2.24, 2.45) is 0 Å². The highest BCUT2D eigenvalue weighted by Gasteiger charge is 2.05. The predicted molar refractivity (Wildman–Crippen MR) is 95.5 cm³/mol. The van der Waals surface area contributed by atoms with Crippen molar-refractivity contribution in [2.75, 3.05) is 0 Å². The number of rotatable bonds is 8. The Morgan fingerprint density at radius 2 is 1.92 bits per heavy atom. The predicted octanol–water partition coefficient (Wildman–Crippen LogP) is 2.91. The van der Waals surface area contributed by atoms with Crippen LogP contribution in [0.25, 0.3) is 0 Å². The molecule has 0 saturated carbocycles. The Morgan fingerprint density at radius 1 is 1.08 bits per heavy atom. The average molecular weight is 321 g/mol. The van der Waals surface area contributed by atoms with Crippen molar-refractivity contribution in [3.63, 3.8) is 0 Å². The molecule has 1 aromatic carbocycles. The minimum atomic E-state index is 0.743. The number of benzene rings is 1. The van der Waals surface area contributed by atoms with Crippen LogP contribution in [0.2, 0.25) is 0 Å². The molecule has 0 saturated heterocycles. The van der Waals surface area contributed by atoms with Gasteiger partial charge in [0, 0.05) is 36.6 Å². The van der Waals surface area contributed by atoms with Gasteiger partial charge < -0.3 is 5.32 Å². The Hall–Kier alpha value is -2.66. The molecule has 2 aromatic heterocycles. The number of aryl methyl sites for hydroxylation is 1. The standard InChI is InChI=1S/C19H23N5/c1-3-9-23-15-19(16(2)22-23)12-20-10-18-11-21-24(14-18)13-17-7-5-4-6-8-17/h3-8,11,14-15,20H,1,9-10,12-13H2,2H3. The number of aromatic nitrogens is 4. The fourth-order valence-corrected chi connectivity index (χ4v) is 2.65. The van der Waals surface area contributed by atoms with Crippen LogP contribution in [0.3, 0.4) is 0 Å². The summed E-state index contributed by atoms with van der Waals surface area (Å²) in [5.74, 6) is 0. The molecular weight excluding hydrogens is 298 g/mol. The second-order valence-corrected chi connectivity index (χ2v) is 5.89. The van der Waals surface area contributed by atoms with Crippen molar-refractivity contribution >= 4 is 0 Å². The highest BCUT2D eigenvalue weighted by molar-refractivity contribution is 5.17. The highest BCUT2D eigenvalue weighted by atomic mass is 15.3. The molecule has 0 aliphatic heterocycles. The van der Waals surface area contributed by atoms with E-state index in [9.17, 15) is 0 Å². The van der Waals surface area contributed by atoms with Crippen molar-refractivity contribution in [3.8, 4) is 0 Å². The van der Waals surface area contributed by atoms with Crippen molar-refractivity contribution in [2.45, 2.75) is 33.1 Å². The van der Waals surface area contributed by atoms with Crippen molar-refractivity contribution < 1.29 is 0 Å². The first kappa shape index (κ1) is 16.2. The molecule has 0 unspecified atom stereocenters. The van der Waals surface area contributed by atoms with E-state index in [1.54, 1.807) is 0 Å². The van der Waals surface area contributed by atoms with Gasteiger partial charge in [0.15, 0.2) is 0 Å². The average Bonchev–Trinajstić information content (AvgIpc) is 3.16. The van der Waals surface area contributed by atoms with E-state index in [-0.39, 0.29) is 0 Å². The van der Waals surface area contributed by atoms with Gasteiger partial charge in [-0.3, -0.25) is 9.36 Å². The maximum atomic E-state index is 4.47. The molecule has 0 spiro atoms. The van der Waals surface area contributed by atoms with E-state index in [1.165, 1.54) is 16.7 Å². The normalized spacial score (nSPS) is 10.9. The van der Waals surface area contributed by atoms with Crippen molar-refractivity contribution in [1.29, 1.82) is 0 Å². The first-order chi connectivity index (χ1) is 11.7. The molecule has 0 amide bonds. The first-order valence-corrected chi connectivity index (χ1v) is 8.14. The first-order valence-electron chi connectivity index (χ1n) is 8.14. The molecule has 0 atom stereocenters. The van der Waals surface area contributed by atoms with Crippen molar-refractivity contribution in [3.05, 3.63) is 84.0 Å². The molecule has 5 nitrogen and oxygen atoms in total. The second kappa shape index (κ2) is 7.75.